The van der Waals surface area contributed by atoms with E-state index in [0.29, 0.717) is 43.5 Å². The minimum atomic E-state index is -0.352. The molecule has 0 radical (unpaired) electrons. The number of hydrazone groups is 1. The van der Waals surface area contributed by atoms with Gasteiger partial charge in [-0.05, 0) is 35.9 Å². The van der Waals surface area contributed by atoms with Gasteiger partial charge in [-0.3, -0.25) is 14.5 Å². The lowest BCUT2D eigenvalue weighted by molar-refractivity contribution is -0.133. The SMILES string of the molecule is COc1ccc(C2CC(c3ccccc3Cl)=NN2C(=O)CN(CCN2CCOCC2)C(=O)c2ccco2)cc1. The van der Waals surface area contributed by atoms with E-state index in [0.717, 1.165) is 30.0 Å². The lowest BCUT2D eigenvalue weighted by Crippen LogP contribution is -2.46. The number of methoxy groups -OCH3 is 1. The average Bonchev–Trinajstić information content (AvgIpc) is 3.67. The van der Waals surface area contributed by atoms with Crippen LogP contribution in [0.1, 0.15) is 34.1 Å². The van der Waals surface area contributed by atoms with Crippen LogP contribution in [0.5, 0.6) is 5.75 Å². The molecule has 0 bridgehead atoms. The zero-order chi connectivity index (χ0) is 27.2. The molecule has 1 aromatic heterocycles. The van der Waals surface area contributed by atoms with Crippen LogP contribution in [-0.2, 0) is 9.53 Å². The van der Waals surface area contributed by atoms with Gasteiger partial charge in [0.1, 0.15) is 12.3 Å². The quantitative estimate of drug-likeness (QED) is 0.399. The van der Waals surface area contributed by atoms with Crippen LogP contribution < -0.4 is 4.74 Å². The monoisotopic (exact) mass is 550 g/mol. The van der Waals surface area contributed by atoms with Crippen molar-refractivity contribution in [1.82, 2.24) is 14.8 Å². The molecule has 3 heterocycles. The van der Waals surface area contributed by atoms with Crippen molar-refractivity contribution in [3.63, 3.8) is 0 Å². The number of carbonyl (C=O) groups excluding carboxylic acids is 2. The van der Waals surface area contributed by atoms with E-state index < -0.39 is 0 Å². The Morgan fingerprint density at radius 2 is 1.85 bits per heavy atom. The Balaban J connectivity index is 1.40. The molecule has 1 atom stereocenters. The summed E-state index contributed by atoms with van der Waals surface area (Å²) in [4.78, 5) is 30.9. The summed E-state index contributed by atoms with van der Waals surface area (Å²) in [5.41, 5.74) is 2.41. The van der Waals surface area contributed by atoms with Gasteiger partial charge in [0.15, 0.2) is 5.76 Å². The number of benzene rings is 2. The lowest BCUT2D eigenvalue weighted by atomic mass is 9.98. The molecule has 5 rings (SSSR count). The molecular weight excluding hydrogens is 520 g/mol. The number of furan rings is 1. The fraction of sp³-hybridized carbons (Fsp3) is 0.345. The Bertz CT molecular complexity index is 1310. The number of morpholine rings is 1. The molecule has 2 amide bonds. The summed E-state index contributed by atoms with van der Waals surface area (Å²) in [5, 5.41) is 6.79. The molecule has 0 N–H and O–H groups in total. The molecule has 204 valence electrons. The van der Waals surface area contributed by atoms with E-state index >= 15 is 0 Å². The standard InChI is InChI=1S/C29H31ClN4O5/c1-37-22-10-8-21(9-11-22)26-19-25(23-5-2-3-6-24(23)30)31-34(26)28(35)20-33(29(36)27-7-4-16-39-27)13-12-32-14-17-38-18-15-32/h2-11,16,26H,12-15,17-20H2,1H3. The third-order valence-electron chi connectivity index (χ3n) is 6.99. The first-order valence-corrected chi connectivity index (χ1v) is 13.3. The van der Waals surface area contributed by atoms with Crippen LogP contribution in [-0.4, -0.2) is 85.4 Å². The third-order valence-corrected chi connectivity index (χ3v) is 7.32. The normalized spacial score (nSPS) is 17.6. The van der Waals surface area contributed by atoms with Crippen LogP contribution in [0.15, 0.2) is 76.4 Å². The molecule has 0 aliphatic carbocycles. The lowest BCUT2D eigenvalue weighted by Gasteiger charge is -2.30. The number of nitrogens with zero attached hydrogens (tertiary/aromatic N) is 4. The highest BCUT2D eigenvalue weighted by atomic mass is 35.5. The summed E-state index contributed by atoms with van der Waals surface area (Å²) in [6.45, 7) is 3.73. The van der Waals surface area contributed by atoms with E-state index in [1.807, 2.05) is 48.5 Å². The van der Waals surface area contributed by atoms with Gasteiger partial charge in [0, 0.05) is 43.2 Å². The van der Waals surface area contributed by atoms with E-state index in [2.05, 4.69) is 4.90 Å². The van der Waals surface area contributed by atoms with Gasteiger partial charge >= 0.3 is 0 Å². The number of halogens is 1. The predicted molar refractivity (Wildman–Crippen MR) is 147 cm³/mol. The van der Waals surface area contributed by atoms with Gasteiger partial charge in [-0.2, -0.15) is 5.10 Å². The van der Waals surface area contributed by atoms with Crippen molar-refractivity contribution in [3.8, 4) is 5.75 Å². The number of hydrogen-bond acceptors (Lipinski definition) is 7. The molecule has 1 saturated heterocycles. The van der Waals surface area contributed by atoms with Crippen LogP contribution in [0.3, 0.4) is 0 Å². The molecular formula is C29H31ClN4O5. The van der Waals surface area contributed by atoms with Crippen LogP contribution in [0.4, 0.5) is 0 Å². The Morgan fingerprint density at radius 3 is 2.54 bits per heavy atom. The second kappa shape index (κ2) is 12.5. The molecule has 2 aromatic carbocycles. The van der Waals surface area contributed by atoms with Crippen molar-refractivity contribution in [1.29, 1.82) is 0 Å². The maximum absolute atomic E-state index is 13.9. The Labute approximate surface area is 232 Å². The summed E-state index contributed by atoms with van der Waals surface area (Å²) in [6, 6.07) is 18.0. The van der Waals surface area contributed by atoms with Crippen LogP contribution in [0.25, 0.3) is 0 Å². The summed E-state index contributed by atoms with van der Waals surface area (Å²) in [5.74, 6) is 0.287. The number of ether oxygens (including phenoxy) is 2. The largest absolute Gasteiger partial charge is 0.497 e. The van der Waals surface area contributed by atoms with Gasteiger partial charge in [0.2, 0.25) is 0 Å². The van der Waals surface area contributed by atoms with Crippen molar-refractivity contribution in [2.24, 2.45) is 5.10 Å². The van der Waals surface area contributed by atoms with Crippen LogP contribution in [0, 0.1) is 0 Å². The smallest absolute Gasteiger partial charge is 0.290 e. The molecule has 1 fully saturated rings. The van der Waals surface area contributed by atoms with E-state index in [1.54, 1.807) is 19.2 Å². The van der Waals surface area contributed by atoms with Gasteiger partial charge in [0.25, 0.3) is 11.8 Å². The number of carbonyl (C=O) groups is 2. The van der Waals surface area contributed by atoms with E-state index in [1.165, 1.54) is 16.2 Å². The number of rotatable bonds is 9. The van der Waals surface area contributed by atoms with Crippen LogP contribution in [0.2, 0.25) is 5.02 Å². The highest BCUT2D eigenvalue weighted by molar-refractivity contribution is 6.34. The average molecular weight is 551 g/mol. The Kier molecular flexibility index (Phi) is 8.61. The van der Waals surface area contributed by atoms with Crippen LogP contribution >= 0.6 is 11.6 Å². The molecule has 39 heavy (non-hydrogen) atoms. The van der Waals surface area contributed by atoms with Crippen molar-refractivity contribution in [2.45, 2.75) is 12.5 Å². The fourth-order valence-electron chi connectivity index (χ4n) is 4.82. The van der Waals surface area contributed by atoms with Gasteiger partial charge < -0.3 is 18.8 Å². The number of hydrogen-bond donors (Lipinski definition) is 0. The van der Waals surface area contributed by atoms with Crippen molar-refractivity contribution >= 4 is 29.1 Å². The first kappa shape index (κ1) is 26.9. The highest BCUT2D eigenvalue weighted by Crippen LogP contribution is 2.35. The van der Waals surface area contributed by atoms with E-state index in [9.17, 15) is 9.59 Å². The summed E-state index contributed by atoms with van der Waals surface area (Å²) in [7, 11) is 1.61. The van der Waals surface area contributed by atoms with Gasteiger partial charge in [-0.15, -0.1) is 0 Å². The maximum Gasteiger partial charge on any atom is 0.290 e. The van der Waals surface area contributed by atoms with Crippen molar-refractivity contribution in [3.05, 3.63) is 88.8 Å². The van der Waals surface area contributed by atoms with Gasteiger partial charge in [-0.25, -0.2) is 5.01 Å². The molecule has 1 unspecified atom stereocenters. The zero-order valence-electron chi connectivity index (χ0n) is 21.8. The van der Waals surface area contributed by atoms with Gasteiger partial charge in [-0.1, -0.05) is 41.9 Å². The minimum Gasteiger partial charge on any atom is -0.497 e. The zero-order valence-corrected chi connectivity index (χ0v) is 22.5. The predicted octanol–water partition coefficient (Wildman–Crippen LogP) is 4.09. The third kappa shape index (κ3) is 6.33. The first-order chi connectivity index (χ1) is 19.0. The number of amides is 2. The summed E-state index contributed by atoms with van der Waals surface area (Å²) >= 11 is 6.49. The molecule has 10 heteroatoms. The molecule has 2 aliphatic rings. The van der Waals surface area contributed by atoms with E-state index in [-0.39, 0.29) is 30.2 Å². The summed E-state index contributed by atoms with van der Waals surface area (Å²) in [6.07, 6.45) is 1.94. The summed E-state index contributed by atoms with van der Waals surface area (Å²) < 4.78 is 16.1. The molecule has 0 saturated carbocycles. The fourth-order valence-corrected chi connectivity index (χ4v) is 5.06. The second-order valence-corrected chi connectivity index (χ2v) is 9.82. The van der Waals surface area contributed by atoms with Gasteiger partial charge in [0.05, 0.1) is 38.3 Å². The molecule has 0 spiro atoms. The van der Waals surface area contributed by atoms with Crippen molar-refractivity contribution in [2.75, 3.05) is 53.0 Å². The molecule has 3 aromatic rings. The van der Waals surface area contributed by atoms with E-state index in [4.69, 9.17) is 30.6 Å². The second-order valence-electron chi connectivity index (χ2n) is 9.42. The Morgan fingerprint density at radius 1 is 1.08 bits per heavy atom. The highest BCUT2D eigenvalue weighted by Gasteiger charge is 2.35. The first-order valence-electron chi connectivity index (χ1n) is 12.9. The maximum atomic E-state index is 13.9. The molecule has 9 nitrogen and oxygen atoms in total. The van der Waals surface area contributed by atoms with Crippen molar-refractivity contribution < 1.29 is 23.5 Å². The Hall–Kier alpha value is -3.66. The minimum absolute atomic E-state index is 0.143. The molecule has 2 aliphatic heterocycles. The topological polar surface area (TPSA) is 87.8 Å².